The summed E-state index contributed by atoms with van der Waals surface area (Å²) < 4.78 is 52.6. The highest BCUT2D eigenvalue weighted by Crippen LogP contribution is 2.28. The highest BCUT2D eigenvalue weighted by Gasteiger charge is 2.33. The summed E-state index contributed by atoms with van der Waals surface area (Å²) in [6.07, 6.45) is -4.67. The molecule has 3 atom stereocenters. The van der Waals surface area contributed by atoms with Gasteiger partial charge in [-0.2, -0.15) is 13.2 Å². The van der Waals surface area contributed by atoms with E-state index in [1.807, 2.05) is 0 Å². The molecule has 2 N–H and O–H groups in total. The van der Waals surface area contributed by atoms with Gasteiger partial charge in [0.1, 0.15) is 11.8 Å². The van der Waals surface area contributed by atoms with Crippen molar-refractivity contribution in [3.63, 3.8) is 0 Å². The molecule has 0 aliphatic carbocycles. The number of hydrogen-bond donors (Lipinski definition) is 2. The molecule has 2 aliphatic heterocycles. The Morgan fingerprint density at radius 3 is 2.55 bits per heavy atom. The minimum absolute atomic E-state index is 0.269. The van der Waals surface area contributed by atoms with Gasteiger partial charge in [-0.05, 0) is 30.0 Å². The molecule has 3 heterocycles. The van der Waals surface area contributed by atoms with Crippen LogP contribution in [0.5, 0.6) is 5.88 Å². The van der Waals surface area contributed by atoms with E-state index >= 15 is 0 Å². The van der Waals surface area contributed by atoms with Crippen molar-refractivity contribution in [1.82, 2.24) is 9.88 Å². The second-order valence-electron chi connectivity index (χ2n) is 7.45. The number of aliphatic hydroxyl groups excluding tert-OH is 2. The van der Waals surface area contributed by atoms with Gasteiger partial charge >= 0.3 is 6.18 Å². The molecule has 31 heavy (non-hydrogen) atoms. The minimum atomic E-state index is -4.57. The van der Waals surface area contributed by atoms with Crippen molar-refractivity contribution >= 4 is 0 Å². The van der Waals surface area contributed by atoms with Crippen LogP contribution >= 0.6 is 0 Å². The van der Waals surface area contributed by atoms with Crippen LogP contribution in [0, 0.1) is 0 Å². The van der Waals surface area contributed by atoms with E-state index in [9.17, 15) is 27.9 Å². The lowest BCUT2D eigenvalue weighted by Gasteiger charge is -2.37. The number of nitrogens with zero attached hydrogens (tertiary/aromatic N) is 2. The van der Waals surface area contributed by atoms with Crippen molar-refractivity contribution in [1.29, 1.82) is 0 Å². The van der Waals surface area contributed by atoms with Crippen LogP contribution in [0.3, 0.4) is 0 Å². The predicted molar refractivity (Wildman–Crippen MR) is 103 cm³/mol. The molecule has 0 spiro atoms. The van der Waals surface area contributed by atoms with Gasteiger partial charge in [-0.3, -0.25) is 9.84 Å². The van der Waals surface area contributed by atoms with Crippen LogP contribution in [0.1, 0.15) is 23.2 Å². The summed E-state index contributed by atoms with van der Waals surface area (Å²) in [5, 5.41) is 19.6. The predicted octanol–water partition coefficient (Wildman–Crippen LogP) is 2.92. The average Bonchev–Trinajstić information content (AvgIpc) is 2.77. The van der Waals surface area contributed by atoms with Gasteiger partial charge in [0, 0.05) is 36.8 Å². The monoisotopic (exact) mass is 444 g/mol. The van der Waals surface area contributed by atoms with Gasteiger partial charge in [-0.25, -0.2) is 4.98 Å². The van der Waals surface area contributed by atoms with Crippen molar-refractivity contribution < 1.29 is 37.6 Å². The zero-order valence-electron chi connectivity index (χ0n) is 16.6. The molecular weight excluding hydrogens is 420 g/mol. The summed E-state index contributed by atoms with van der Waals surface area (Å²) in [6.45, 7) is 3.11. The second kappa shape index (κ2) is 10.4. The van der Waals surface area contributed by atoms with E-state index < -0.39 is 30.0 Å². The number of halogens is 4. The number of ether oxygens (including phenoxy) is 1. The van der Waals surface area contributed by atoms with Crippen LogP contribution in [-0.4, -0.2) is 58.1 Å². The van der Waals surface area contributed by atoms with Crippen LogP contribution in [0.2, 0.25) is 0 Å². The Labute approximate surface area is 176 Å². The second-order valence-corrected chi connectivity index (χ2v) is 7.45. The van der Waals surface area contributed by atoms with Crippen molar-refractivity contribution in [2.75, 3.05) is 19.7 Å². The number of alkyl halides is 3. The molecule has 0 radical (unpaired) electrons. The van der Waals surface area contributed by atoms with Crippen LogP contribution in [0.4, 0.5) is 17.7 Å². The largest absolute Gasteiger partial charge is 0.433 e. The molecule has 0 bridgehead atoms. The molecule has 3 unspecified atom stereocenters. The Morgan fingerprint density at radius 1 is 1.10 bits per heavy atom. The van der Waals surface area contributed by atoms with E-state index in [0.717, 1.165) is 37.7 Å². The van der Waals surface area contributed by atoms with E-state index in [2.05, 4.69) is 39.1 Å². The van der Waals surface area contributed by atoms with Crippen molar-refractivity contribution in [2.24, 2.45) is 0 Å². The summed E-state index contributed by atoms with van der Waals surface area (Å²) in [5.74, 6) is -0.704. The van der Waals surface area contributed by atoms with E-state index in [0.29, 0.717) is 19.6 Å². The first-order chi connectivity index (χ1) is 14.8. The maximum absolute atomic E-state index is 11.9. The third-order valence-corrected chi connectivity index (χ3v) is 5.26. The summed E-state index contributed by atoms with van der Waals surface area (Å²) >= 11 is 0. The highest BCUT2D eigenvalue weighted by atomic mass is 19.4. The molecule has 2 aromatic rings. The standard InChI is InChI=1S/C15H21NO3.C6H3F4NO/c17-13-6-8-19-14(15(13)18)10-16-7-5-11-3-1-2-4-12(11)9-16;7-6(8,9)4-2-1-3-5(11-4)12-10/h1-4,13-15,17-18H,5-10H2;1-3H. The third-order valence-electron chi connectivity index (χ3n) is 5.26. The topological polar surface area (TPSA) is 75.0 Å². The van der Waals surface area contributed by atoms with Gasteiger partial charge in [0.05, 0.1) is 12.2 Å². The lowest BCUT2D eigenvalue weighted by Crippen LogP contribution is -2.50. The quantitative estimate of drug-likeness (QED) is 0.710. The van der Waals surface area contributed by atoms with Gasteiger partial charge in [-0.15, -0.1) is 0 Å². The Kier molecular flexibility index (Phi) is 7.82. The van der Waals surface area contributed by atoms with Crippen LogP contribution in [0.15, 0.2) is 42.5 Å². The smallest absolute Gasteiger partial charge is 0.390 e. The number of rotatable bonds is 3. The lowest BCUT2D eigenvalue weighted by molar-refractivity contribution is -0.142. The Morgan fingerprint density at radius 2 is 1.84 bits per heavy atom. The molecular formula is C21H24F4N2O4. The zero-order chi connectivity index (χ0) is 22.4. The number of fused-ring (bicyclic) bond motifs is 1. The Balaban J connectivity index is 0.000000196. The fourth-order valence-electron chi connectivity index (χ4n) is 3.60. The minimum Gasteiger partial charge on any atom is -0.390 e. The van der Waals surface area contributed by atoms with Gasteiger partial charge < -0.3 is 14.9 Å². The maximum atomic E-state index is 11.9. The zero-order valence-corrected chi connectivity index (χ0v) is 16.6. The van der Waals surface area contributed by atoms with Gasteiger partial charge in [0.15, 0.2) is 0 Å². The lowest BCUT2D eigenvalue weighted by atomic mass is 9.98. The first-order valence-electron chi connectivity index (χ1n) is 9.87. The molecule has 1 fully saturated rings. The van der Waals surface area contributed by atoms with Crippen molar-refractivity contribution in [3.8, 4) is 5.88 Å². The Hall–Kier alpha value is -2.27. The highest BCUT2D eigenvalue weighted by molar-refractivity contribution is 5.29. The van der Waals surface area contributed by atoms with E-state index in [4.69, 9.17) is 4.74 Å². The van der Waals surface area contributed by atoms with Gasteiger partial charge in [0.2, 0.25) is 0 Å². The number of aliphatic hydroxyl groups is 2. The molecule has 2 aliphatic rings. The molecule has 0 saturated carbocycles. The number of aromatic nitrogens is 1. The SMILES string of the molecule is FOc1cccc(C(F)(F)F)n1.OC1CCOC(CN2CCc3ccccc3C2)C1O. The summed E-state index contributed by atoms with van der Waals surface area (Å²) in [6, 6.07) is 11.2. The fraction of sp³-hybridized carbons (Fsp3) is 0.476. The molecule has 6 nitrogen and oxygen atoms in total. The third kappa shape index (κ3) is 6.36. The molecule has 0 amide bonds. The summed E-state index contributed by atoms with van der Waals surface area (Å²) in [4.78, 5) is 8.18. The van der Waals surface area contributed by atoms with E-state index in [-0.39, 0.29) is 6.10 Å². The van der Waals surface area contributed by atoms with Gasteiger partial charge in [0.25, 0.3) is 5.88 Å². The molecule has 4 rings (SSSR count). The molecule has 1 saturated heterocycles. The van der Waals surface area contributed by atoms with E-state index in [1.165, 1.54) is 11.1 Å². The van der Waals surface area contributed by atoms with Gasteiger partial charge in [-0.1, -0.05) is 30.3 Å². The van der Waals surface area contributed by atoms with Crippen LogP contribution in [0.25, 0.3) is 0 Å². The number of benzene rings is 1. The van der Waals surface area contributed by atoms with Crippen molar-refractivity contribution in [2.45, 2.75) is 43.9 Å². The first kappa shape index (κ1) is 23.4. The first-order valence-corrected chi connectivity index (χ1v) is 9.87. The summed E-state index contributed by atoms with van der Waals surface area (Å²) in [5.41, 5.74) is 1.60. The van der Waals surface area contributed by atoms with Crippen LogP contribution in [-0.2, 0) is 23.9 Å². The Bertz CT molecular complexity index is 852. The normalized spacial score (nSPS) is 24.0. The average molecular weight is 444 g/mol. The fourth-order valence-corrected chi connectivity index (χ4v) is 3.60. The van der Waals surface area contributed by atoms with Crippen molar-refractivity contribution in [3.05, 3.63) is 59.3 Å². The summed E-state index contributed by atoms with van der Waals surface area (Å²) in [7, 11) is 0. The molecule has 10 heteroatoms. The number of pyridine rings is 1. The van der Waals surface area contributed by atoms with E-state index in [1.54, 1.807) is 0 Å². The molecule has 1 aromatic carbocycles. The number of hydrogen-bond acceptors (Lipinski definition) is 6. The maximum Gasteiger partial charge on any atom is 0.433 e. The molecule has 1 aromatic heterocycles. The van der Waals surface area contributed by atoms with Crippen LogP contribution < -0.4 is 4.94 Å². The molecule has 170 valence electrons.